The van der Waals surface area contributed by atoms with Gasteiger partial charge in [-0.05, 0) is 45.6 Å². The molecule has 2 heterocycles. The van der Waals surface area contributed by atoms with Crippen LogP contribution in [0.2, 0.25) is 0 Å². The van der Waals surface area contributed by atoms with Crippen LogP contribution in [-0.4, -0.2) is 35.0 Å². The molecule has 1 unspecified atom stereocenters. The molecule has 1 saturated heterocycles. The monoisotopic (exact) mass is 342 g/mol. The standard InChI is InChI=1S/C19H27BN2O3/c1-14(22-12-11-21-17(22)13-23-6)15-7-9-16(10-8-15)20-24-18(2,3)19(4,5)25-20/h7-12,14H,13H2,1-6H3. The molecule has 25 heavy (non-hydrogen) atoms. The summed E-state index contributed by atoms with van der Waals surface area (Å²) in [5.74, 6) is 0.921. The maximum absolute atomic E-state index is 6.12. The molecule has 6 heteroatoms. The summed E-state index contributed by atoms with van der Waals surface area (Å²) in [7, 11) is 1.36. The molecule has 2 aromatic rings. The van der Waals surface area contributed by atoms with E-state index in [1.165, 1.54) is 5.56 Å². The molecule has 0 N–H and O–H groups in total. The van der Waals surface area contributed by atoms with Crippen LogP contribution in [-0.2, 0) is 20.7 Å². The van der Waals surface area contributed by atoms with E-state index in [9.17, 15) is 0 Å². The summed E-state index contributed by atoms with van der Waals surface area (Å²) in [5, 5.41) is 0. The first-order valence-electron chi connectivity index (χ1n) is 8.71. The van der Waals surface area contributed by atoms with E-state index in [2.05, 4.69) is 68.4 Å². The third kappa shape index (κ3) is 3.39. The van der Waals surface area contributed by atoms with E-state index in [1.807, 2.05) is 12.4 Å². The Labute approximate surface area is 150 Å². The Kier molecular flexibility index (Phi) is 4.79. The van der Waals surface area contributed by atoms with Crippen LogP contribution in [0.5, 0.6) is 0 Å². The summed E-state index contributed by atoms with van der Waals surface area (Å²) in [5.41, 5.74) is 1.60. The second kappa shape index (κ2) is 6.59. The molecule has 1 aromatic heterocycles. The van der Waals surface area contributed by atoms with Crippen molar-refractivity contribution in [1.82, 2.24) is 9.55 Å². The number of ether oxygens (including phenoxy) is 1. The number of methoxy groups -OCH3 is 1. The van der Waals surface area contributed by atoms with Crippen LogP contribution in [0.15, 0.2) is 36.7 Å². The molecule has 0 bridgehead atoms. The van der Waals surface area contributed by atoms with Crippen molar-refractivity contribution >= 4 is 12.6 Å². The van der Waals surface area contributed by atoms with E-state index in [0.29, 0.717) is 6.61 Å². The quantitative estimate of drug-likeness (QED) is 0.784. The number of aromatic nitrogens is 2. The Morgan fingerprint density at radius 3 is 2.28 bits per heavy atom. The molecule has 0 amide bonds. The molecule has 3 rings (SSSR count). The highest BCUT2D eigenvalue weighted by molar-refractivity contribution is 6.62. The normalized spacial score (nSPS) is 20.0. The van der Waals surface area contributed by atoms with Gasteiger partial charge in [-0.1, -0.05) is 24.3 Å². The SMILES string of the molecule is COCc1nccn1C(C)c1ccc(B2OC(C)(C)C(C)(C)O2)cc1. The number of hydrogen-bond acceptors (Lipinski definition) is 4. The Morgan fingerprint density at radius 1 is 1.12 bits per heavy atom. The highest BCUT2D eigenvalue weighted by atomic mass is 16.7. The van der Waals surface area contributed by atoms with Gasteiger partial charge in [-0.25, -0.2) is 4.98 Å². The van der Waals surface area contributed by atoms with Crippen molar-refractivity contribution in [2.24, 2.45) is 0 Å². The minimum Gasteiger partial charge on any atom is -0.399 e. The zero-order valence-electron chi connectivity index (χ0n) is 15.9. The van der Waals surface area contributed by atoms with Gasteiger partial charge >= 0.3 is 7.12 Å². The summed E-state index contributed by atoms with van der Waals surface area (Å²) < 4.78 is 19.6. The van der Waals surface area contributed by atoms with Gasteiger partial charge < -0.3 is 18.6 Å². The van der Waals surface area contributed by atoms with Gasteiger partial charge in [0.25, 0.3) is 0 Å². The van der Waals surface area contributed by atoms with Crippen LogP contribution in [0.4, 0.5) is 0 Å². The zero-order chi connectivity index (χ0) is 18.2. The van der Waals surface area contributed by atoms with Crippen LogP contribution in [0.1, 0.15) is 52.0 Å². The van der Waals surface area contributed by atoms with Crippen LogP contribution < -0.4 is 5.46 Å². The van der Waals surface area contributed by atoms with Gasteiger partial charge in [0.05, 0.1) is 17.2 Å². The average molecular weight is 342 g/mol. The molecule has 0 radical (unpaired) electrons. The third-order valence-electron chi connectivity index (χ3n) is 5.38. The molecule has 134 valence electrons. The minimum atomic E-state index is -0.327. The summed E-state index contributed by atoms with van der Waals surface area (Å²) in [6, 6.07) is 8.60. The van der Waals surface area contributed by atoms with Crippen molar-refractivity contribution in [1.29, 1.82) is 0 Å². The molecule has 0 spiro atoms. The first-order chi connectivity index (χ1) is 11.7. The summed E-state index contributed by atoms with van der Waals surface area (Å²) in [6.45, 7) is 10.9. The predicted octanol–water partition coefficient (Wildman–Crippen LogP) is 2.94. The summed E-state index contributed by atoms with van der Waals surface area (Å²) in [6.07, 6.45) is 3.80. The Hall–Kier alpha value is -1.63. The molecule has 0 saturated carbocycles. The Morgan fingerprint density at radius 2 is 1.72 bits per heavy atom. The molecule has 1 atom stereocenters. The molecule has 1 fully saturated rings. The van der Waals surface area contributed by atoms with Gasteiger partial charge in [0.2, 0.25) is 0 Å². The van der Waals surface area contributed by atoms with Crippen LogP contribution >= 0.6 is 0 Å². The lowest BCUT2D eigenvalue weighted by Gasteiger charge is -2.32. The van der Waals surface area contributed by atoms with Crippen molar-refractivity contribution in [3.63, 3.8) is 0 Å². The molecule has 0 aliphatic carbocycles. The van der Waals surface area contributed by atoms with Crippen LogP contribution in [0, 0.1) is 0 Å². The summed E-state index contributed by atoms with van der Waals surface area (Å²) in [4.78, 5) is 4.36. The average Bonchev–Trinajstić information content (AvgIpc) is 3.09. The van der Waals surface area contributed by atoms with E-state index >= 15 is 0 Å². The van der Waals surface area contributed by atoms with Gasteiger partial charge in [-0.3, -0.25) is 0 Å². The molecular formula is C19H27BN2O3. The van der Waals surface area contributed by atoms with Crippen molar-refractivity contribution in [2.75, 3.05) is 7.11 Å². The fourth-order valence-electron chi connectivity index (χ4n) is 3.01. The van der Waals surface area contributed by atoms with Gasteiger partial charge in [-0.15, -0.1) is 0 Å². The van der Waals surface area contributed by atoms with Crippen molar-refractivity contribution < 1.29 is 14.0 Å². The molecule has 1 aliphatic heterocycles. The second-order valence-electron chi connectivity index (χ2n) is 7.61. The lowest BCUT2D eigenvalue weighted by Crippen LogP contribution is -2.41. The molecule has 5 nitrogen and oxygen atoms in total. The van der Waals surface area contributed by atoms with Gasteiger partial charge in [-0.2, -0.15) is 0 Å². The lowest BCUT2D eigenvalue weighted by molar-refractivity contribution is 0.00578. The van der Waals surface area contributed by atoms with E-state index in [-0.39, 0.29) is 24.4 Å². The van der Waals surface area contributed by atoms with E-state index in [1.54, 1.807) is 7.11 Å². The van der Waals surface area contributed by atoms with Gasteiger partial charge in [0, 0.05) is 19.5 Å². The second-order valence-corrected chi connectivity index (χ2v) is 7.61. The van der Waals surface area contributed by atoms with Crippen molar-refractivity contribution in [2.45, 2.75) is 58.5 Å². The number of rotatable bonds is 5. The summed E-state index contributed by atoms with van der Waals surface area (Å²) >= 11 is 0. The third-order valence-corrected chi connectivity index (χ3v) is 5.38. The minimum absolute atomic E-state index is 0.181. The lowest BCUT2D eigenvalue weighted by atomic mass is 9.78. The molecular weight excluding hydrogens is 315 g/mol. The largest absolute Gasteiger partial charge is 0.494 e. The smallest absolute Gasteiger partial charge is 0.399 e. The van der Waals surface area contributed by atoms with Crippen molar-refractivity contribution in [3.05, 3.63) is 48.0 Å². The first kappa shape index (κ1) is 18.2. The van der Waals surface area contributed by atoms with Crippen molar-refractivity contribution in [3.8, 4) is 0 Å². The number of hydrogen-bond donors (Lipinski definition) is 0. The highest BCUT2D eigenvalue weighted by Crippen LogP contribution is 2.36. The number of nitrogens with zero attached hydrogens (tertiary/aromatic N) is 2. The highest BCUT2D eigenvalue weighted by Gasteiger charge is 2.51. The predicted molar refractivity (Wildman–Crippen MR) is 98.9 cm³/mol. The fourth-order valence-corrected chi connectivity index (χ4v) is 3.01. The Balaban J connectivity index is 1.78. The first-order valence-corrected chi connectivity index (χ1v) is 8.71. The number of benzene rings is 1. The molecule has 1 aromatic carbocycles. The van der Waals surface area contributed by atoms with E-state index < -0.39 is 0 Å². The van der Waals surface area contributed by atoms with Crippen LogP contribution in [0.3, 0.4) is 0 Å². The van der Waals surface area contributed by atoms with Crippen LogP contribution in [0.25, 0.3) is 0 Å². The topological polar surface area (TPSA) is 45.5 Å². The number of imidazole rings is 1. The van der Waals surface area contributed by atoms with E-state index in [0.717, 1.165) is 11.3 Å². The maximum atomic E-state index is 6.12. The van der Waals surface area contributed by atoms with E-state index in [4.69, 9.17) is 14.0 Å². The van der Waals surface area contributed by atoms with Gasteiger partial charge in [0.1, 0.15) is 12.4 Å². The van der Waals surface area contributed by atoms with Gasteiger partial charge in [0.15, 0.2) is 0 Å². The Bertz CT molecular complexity index is 709. The fraction of sp³-hybridized carbons (Fsp3) is 0.526. The maximum Gasteiger partial charge on any atom is 0.494 e. The zero-order valence-corrected chi connectivity index (χ0v) is 15.9. The molecule has 1 aliphatic rings.